The van der Waals surface area contributed by atoms with Crippen molar-refractivity contribution in [2.24, 2.45) is 0 Å². The Morgan fingerprint density at radius 1 is 1.27 bits per heavy atom. The van der Waals surface area contributed by atoms with Crippen molar-refractivity contribution in [2.75, 3.05) is 45.2 Å². The third kappa shape index (κ3) is 5.83. The first-order valence-electron chi connectivity index (χ1n) is 13.8. The Morgan fingerprint density at radius 2 is 2.05 bits per heavy atom. The number of carbonyl (C=O) groups excluding carboxylic acids is 1. The van der Waals surface area contributed by atoms with Gasteiger partial charge in [0, 0.05) is 32.2 Å². The molecule has 0 radical (unpaired) electrons. The molecule has 3 aromatic heterocycles. The molecule has 8 nitrogen and oxygen atoms in total. The summed E-state index contributed by atoms with van der Waals surface area (Å²) >= 11 is 1.55. The lowest BCUT2D eigenvalue weighted by Crippen LogP contribution is -2.39. The van der Waals surface area contributed by atoms with Crippen LogP contribution < -0.4 is 4.90 Å². The summed E-state index contributed by atoms with van der Waals surface area (Å²) in [6, 6.07) is 4.33. The smallest absolute Gasteiger partial charge is 0.410 e. The average molecular weight is 565 g/mol. The average Bonchev–Trinajstić information content (AvgIpc) is 3.65. The van der Waals surface area contributed by atoms with E-state index < -0.39 is 5.83 Å². The number of piperidine rings is 1. The molecule has 5 heterocycles. The van der Waals surface area contributed by atoms with Gasteiger partial charge in [-0.15, -0.1) is 11.3 Å². The predicted octanol–water partition coefficient (Wildman–Crippen LogP) is 6.19. The molecule has 40 heavy (non-hydrogen) atoms. The highest BCUT2D eigenvalue weighted by Gasteiger charge is 2.31. The molecular weight excluding hydrogens is 527 g/mol. The van der Waals surface area contributed by atoms with Crippen molar-refractivity contribution in [2.45, 2.75) is 45.1 Å². The first-order valence-corrected chi connectivity index (χ1v) is 14.7. The molecule has 0 N–H and O–H groups in total. The zero-order chi connectivity index (χ0) is 28.4. The fourth-order valence-corrected chi connectivity index (χ4v) is 6.37. The van der Waals surface area contributed by atoms with Gasteiger partial charge in [0.25, 0.3) is 0 Å². The van der Waals surface area contributed by atoms with Gasteiger partial charge >= 0.3 is 6.09 Å². The van der Waals surface area contributed by atoms with Crippen LogP contribution in [-0.2, 0) is 11.2 Å². The normalized spacial score (nSPS) is 19.2. The van der Waals surface area contributed by atoms with E-state index in [4.69, 9.17) is 14.7 Å². The summed E-state index contributed by atoms with van der Waals surface area (Å²) in [5.41, 5.74) is 4.88. The number of allylic oxidation sites excluding steroid dienone is 5. The van der Waals surface area contributed by atoms with Crippen molar-refractivity contribution < 1.29 is 13.9 Å². The zero-order valence-electron chi connectivity index (χ0n) is 23.6. The number of ether oxygens (including phenoxy) is 1. The molecule has 0 spiro atoms. The highest BCUT2D eigenvalue weighted by atomic mass is 32.1. The molecule has 2 saturated heterocycles. The fourth-order valence-electron chi connectivity index (χ4n) is 5.56. The molecule has 212 valence electrons. The summed E-state index contributed by atoms with van der Waals surface area (Å²) < 4.78 is 20.9. The Kier molecular flexibility index (Phi) is 8.37. The Labute approximate surface area is 239 Å². The minimum Gasteiger partial charge on any atom is -0.443 e. The van der Waals surface area contributed by atoms with Crippen LogP contribution in [0.4, 0.5) is 20.1 Å². The minimum absolute atomic E-state index is 0.0450. The number of pyridine rings is 1. The molecule has 3 aromatic rings. The van der Waals surface area contributed by atoms with Gasteiger partial charge in [-0.3, -0.25) is 9.30 Å². The number of fused-ring (bicyclic) bond motifs is 1. The maximum absolute atomic E-state index is 13.2. The Bertz CT molecular complexity index is 1450. The van der Waals surface area contributed by atoms with Gasteiger partial charge in [-0.2, -0.15) is 0 Å². The van der Waals surface area contributed by atoms with Crippen molar-refractivity contribution in [1.82, 2.24) is 24.2 Å². The van der Waals surface area contributed by atoms with E-state index in [0.717, 1.165) is 72.5 Å². The molecule has 2 fully saturated rings. The van der Waals surface area contributed by atoms with Gasteiger partial charge in [0.1, 0.15) is 23.4 Å². The molecule has 1 amide bonds. The van der Waals surface area contributed by atoms with E-state index >= 15 is 0 Å². The second-order valence-electron chi connectivity index (χ2n) is 10.5. The van der Waals surface area contributed by atoms with Crippen LogP contribution in [0.5, 0.6) is 0 Å². The Hall–Kier alpha value is -3.50. The van der Waals surface area contributed by atoms with Crippen molar-refractivity contribution in [1.29, 1.82) is 0 Å². The molecular formula is C30H37FN6O2S. The number of thiazole rings is 1. The number of hydrogen-bond donors (Lipinski definition) is 0. The monoisotopic (exact) mass is 564 g/mol. The maximum atomic E-state index is 13.2. The summed E-state index contributed by atoms with van der Waals surface area (Å²) in [7, 11) is 3.81. The Morgan fingerprint density at radius 3 is 2.70 bits per heavy atom. The van der Waals surface area contributed by atoms with Gasteiger partial charge in [0.2, 0.25) is 0 Å². The summed E-state index contributed by atoms with van der Waals surface area (Å²) in [5, 5.41) is 2.83. The van der Waals surface area contributed by atoms with Crippen molar-refractivity contribution in [3.8, 4) is 0 Å². The van der Waals surface area contributed by atoms with Crippen molar-refractivity contribution in [3.63, 3.8) is 0 Å². The number of nitrogens with zero attached hydrogens (tertiary/aromatic N) is 6. The Balaban J connectivity index is 1.34. The highest BCUT2D eigenvalue weighted by Crippen LogP contribution is 2.35. The van der Waals surface area contributed by atoms with Crippen LogP contribution in [-0.4, -0.2) is 76.6 Å². The molecule has 1 atom stereocenters. The van der Waals surface area contributed by atoms with E-state index in [1.165, 1.54) is 11.6 Å². The SMILES string of the molecule is C=C(F)/C=C\C(=C/C)c1csc(N(C)c2c(CC)nc3ccc(C4CCN(CC5CN(C)C(=O)O5)CC4)cn23)n1. The number of likely N-dealkylation sites (tertiary alicyclic amines) is 1. The second-order valence-corrected chi connectivity index (χ2v) is 11.3. The number of aryl methyl sites for hydroxylation is 1. The fraction of sp³-hybridized carbons (Fsp3) is 0.433. The number of carbonyl (C=O) groups is 1. The number of hydrogen-bond acceptors (Lipinski definition) is 7. The summed E-state index contributed by atoms with van der Waals surface area (Å²) in [5.74, 6) is 0.985. The van der Waals surface area contributed by atoms with Crippen molar-refractivity contribution in [3.05, 3.63) is 71.3 Å². The molecule has 0 saturated carbocycles. The minimum atomic E-state index is -0.487. The number of halogens is 1. The number of rotatable bonds is 9. The number of anilines is 2. The van der Waals surface area contributed by atoms with Crippen LogP contribution >= 0.6 is 11.3 Å². The summed E-state index contributed by atoms with van der Waals surface area (Å²) in [6.07, 6.45) is 9.86. The van der Waals surface area contributed by atoms with E-state index in [2.05, 4.69) is 46.0 Å². The zero-order valence-corrected chi connectivity index (χ0v) is 24.5. The maximum Gasteiger partial charge on any atom is 0.410 e. The van der Waals surface area contributed by atoms with Gasteiger partial charge in [0.15, 0.2) is 5.13 Å². The third-order valence-electron chi connectivity index (χ3n) is 7.75. The van der Waals surface area contributed by atoms with Crippen LogP contribution in [0.3, 0.4) is 0 Å². The topological polar surface area (TPSA) is 66.2 Å². The second kappa shape index (κ2) is 11.9. The van der Waals surface area contributed by atoms with E-state index in [9.17, 15) is 9.18 Å². The number of aromatic nitrogens is 3. The molecule has 0 aromatic carbocycles. The number of imidazole rings is 1. The number of amides is 1. The first kappa shape index (κ1) is 28.0. The van der Waals surface area contributed by atoms with Crippen LogP contribution in [0, 0.1) is 0 Å². The molecule has 2 aliphatic rings. The van der Waals surface area contributed by atoms with Gasteiger partial charge in [0.05, 0.1) is 17.9 Å². The molecule has 0 bridgehead atoms. The van der Waals surface area contributed by atoms with Gasteiger partial charge < -0.3 is 14.5 Å². The van der Waals surface area contributed by atoms with E-state index in [1.807, 2.05) is 25.4 Å². The standard InChI is InChI=1S/C30H37FN6O2S/c1-6-21(9-8-20(3)31)26-19-40-29(33-26)35(5)28-25(7-2)32-27-11-10-23(16-37(27)28)22-12-14-36(15-13-22)18-24-17-34(4)30(38)39-24/h6,8-11,16,19,22,24H,3,7,12-15,17-18H2,1-2,4-5H3/b9-8-,21-6+. The quantitative estimate of drug-likeness (QED) is 0.289. The molecule has 0 aliphatic carbocycles. The summed E-state index contributed by atoms with van der Waals surface area (Å²) in [4.78, 5) is 27.6. The molecule has 10 heteroatoms. The molecule has 1 unspecified atom stereocenters. The van der Waals surface area contributed by atoms with Crippen LogP contribution in [0.15, 0.2) is 54.3 Å². The lowest BCUT2D eigenvalue weighted by molar-refractivity contribution is 0.0964. The third-order valence-corrected chi connectivity index (χ3v) is 8.66. The molecule has 5 rings (SSSR count). The van der Waals surface area contributed by atoms with Crippen LogP contribution in [0.2, 0.25) is 0 Å². The summed E-state index contributed by atoms with van der Waals surface area (Å²) in [6.45, 7) is 10.8. The van der Waals surface area contributed by atoms with E-state index in [0.29, 0.717) is 12.5 Å². The number of cyclic esters (lactones) is 1. The van der Waals surface area contributed by atoms with Gasteiger partial charge in [-0.05, 0) is 68.5 Å². The van der Waals surface area contributed by atoms with Gasteiger partial charge in [-0.25, -0.2) is 19.2 Å². The van der Waals surface area contributed by atoms with Gasteiger partial charge in [-0.1, -0.05) is 31.7 Å². The molecule has 2 aliphatic heterocycles. The van der Waals surface area contributed by atoms with Crippen molar-refractivity contribution >= 4 is 39.6 Å². The lowest BCUT2D eigenvalue weighted by Gasteiger charge is -2.33. The predicted molar refractivity (Wildman–Crippen MR) is 159 cm³/mol. The number of likely N-dealkylation sites (N-methyl/N-ethyl adjacent to an activating group) is 1. The van der Waals surface area contributed by atoms with E-state index in [1.54, 1.807) is 29.4 Å². The first-order chi connectivity index (χ1) is 19.3. The van der Waals surface area contributed by atoms with Crippen LogP contribution in [0.1, 0.15) is 49.6 Å². The largest absolute Gasteiger partial charge is 0.443 e. The highest BCUT2D eigenvalue weighted by molar-refractivity contribution is 7.13. The van der Waals surface area contributed by atoms with Crippen LogP contribution in [0.25, 0.3) is 11.2 Å². The van der Waals surface area contributed by atoms with E-state index in [-0.39, 0.29) is 12.2 Å². The lowest BCUT2D eigenvalue weighted by atomic mass is 9.90.